The van der Waals surface area contributed by atoms with E-state index in [0.717, 1.165) is 29.9 Å². The molecule has 0 aliphatic heterocycles. The molecule has 5 rings (SSSR count). The summed E-state index contributed by atoms with van der Waals surface area (Å²) in [4.78, 5) is 13.8. The first-order valence-electron chi connectivity index (χ1n) is 11.1. The largest absolute Gasteiger partial charge is 0.494 e. The van der Waals surface area contributed by atoms with Crippen molar-refractivity contribution in [2.45, 2.75) is 38.1 Å². The van der Waals surface area contributed by atoms with Gasteiger partial charge in [-0.15, -0.1) is 0 Å². The van der Waals surface area contributed by atoms with Crippen molar-refractivity contribution in [1.29, 1.82) is 0 Å². The quantitative estimate of drug-likeness (QED) is 0.385. The van der Waals surface area contributed by atoms with Gasteiger partial charge in [0.25, 0.3) is 0 Å². The number of halogens is 2. The predicted molar refractivity (Wildman–Crippen MR) is 125 cm³/mol. The molecule has 33 heavy (non-hydrogen) atoms. The molecule has 2 aromatic heterocycles. The van der Waals surface area contributed by atoms with E-state index in [1.165, 1.54) is 31.4 Å². The minimum absolute atomic E-state index is 0.288. The Hall–Kier alpha value is -3.61. The van der Waals surface area contributed by atoms with Crippen molar-refractivity contribution in [3.05, 3.63) is 66.5 Å². The lowest BCUT2D eigenvalue weighted by molar-refractivity contribution is 0.419. The van der Waals surface area contributed by atoms with Crippen molar-refractivity contribution in [3.63, 3.8) is 0 Å². The summed E-state index contributed by atoms with van der Waals surface area (Å²) in [5.74, 6) is 0.450. The number of benzene rings is 2. The Morgan fingerprint density at radius 1 is 0.970 bits per heavy atom. The van der Waals surface area contributed by atoms with Crippen LogP contribution in [0.3, 0.4) is 0 Å². The summed E-state index contributed by atoms with van der Waals surface area (Å²) >= 11 is 0. The molecule has 168 valence electrons. The van der Waals surface area contributed by atoms with Crippen molar-refractivity contribution in [2.75, 3.05) is 12.4 Å². The van der Waals surface area contributed by atoms with Gasteiger partial charge in [0.2, 0.25) is 0 Å². The number of aromatic nitrogens is 3. The van der Waals surface area contributed by atoms with Gasteiger partial charge in [-0.3, -0.25) is 4.98 Å². The number of methoxy groups -OCH3 is 1. The number of pyridine rings is 1. The molecule has 2 heterocycles. The second-order valence-corrected chi connectivity index (χ2v) is 8.32. The van der Waals surface area contributed by atoms with E-state index in [4.69, 9.17) is 14.7 Å². The van der Waals surface area contributed by atoms with Gasteiger partial charge in [-0.05, 0) is 54.8 Å². The summed E-state index contributed by atoms with van der Waals surface area (Å²) in [6, 6.07) is 11.2. The average molecular weight is 447 g/mol. The van der Waals surface area contributed by atoms with Crippen LogP contribution in [0.5, 0.6) is 5.75 Å². The topological polar surface area (TPSA) is 59.9 Å². The third-order valence-electron chi connectivity index (χ3n) is 6.09. The van der Waals surface area contributed by atoms with E-state index in [-0.39, 0.29) is 5.56 Å². The number of hydrogen-bond donors (Lipinski definition) is 1. The second kappa shape index (κ2) is 9.10. The van der Waals surface area contributed by atoms with Gasteiger partial charge in [0.1, 0.15) is 28.7 Å². The van der Waals surface area contributed by atoms with E-state index >= 15 is 0 Å². The van der Waals surface area contributed by atoms with Gasteiger partial charge in [-0.1, -0.05) is 19.3 Å². The number of hydrogen-bond acceptors (Lipinski definition) is 5. The Morgan fingerprint density at radius 3 is 2.55 bits per heavy atom. The monoisotopic (exact) mass is 446 g/mol. The van der Waals surface area contributed by atoms with E-state index in [9.17, 15) is 8.78 Å². The summed E-state index contributed by atoms with van der Waals surface area (Å²) in [5.41, 5.74) is 2.27. The zero-order chi connectivity index (χ0) is 22.8. The molecule has 0 bridgehead atoms. The Bertz CT molecular complexity index is 1290. The average Bonchev–Trinajstić information content (AvgIpc) is 2.84. The first-order valence-corrected chi connectivity index (χ1v) is 11.1. The standard InChI is InChI=1S/C26H24F2N4O/c1-33-23-13-17(20-10-9-18(27)14-22(20)28)12-21-24(23)31-25(16-6-5-11-29-15-16)32-26(21)30-19-7-3-2-4-8-19/h5-6,9-15,19H,2-4,7-8H2,1H3,(H,30,31,32). The summed E-state index contributed by atoms with van der Waals surface area (Å²) in [6.45, 7) is 0. The molecule has 1 aliphatic rings. The van der Waals surface area contributed by atoms with Crippen molar-refractivity contribution in [3.8, 4) is 28.3 Å². The maximum Gasteiger partial charge on any atom is 0.163 e. The molecule has 0 atom stereocenters. The highest BCUT2D eigenvalue weighted by atomic mass is 19.1. The summed E-state index contributed by atoms with van der Waals surface area (Å²) < 4.78 is 33.7. The van der Waals surface area contributed by atoms with Gasteiger partial charge >= 0.3 is 0 Å². The van der Waals surface area contributed by atoms with Crippen LogP contribution >= 0.6 is 0 Å². The van der Waals surface area contributed by atoms with Crippen molar-refractivity contribution in [1.82, 2.24) is 15.0 Å². The second-order valence-electron chi connectivity index (χ2n) is 8.32. The van der Waals surface area contributed by atoms with Gasteiger partial charge < -0.3 is 10.1 Å². The van der Waals surface area contributed by atoms with Crippen LogP contribution in [0.4, 0.5) is 14.6 Å². The first-order chi connectivity index (χ1) is 16.1. The molecule has 1 N–H and O–H groups in total. The molecule has 0 saturated heterocycles. The molecule has 0 unspecified atom stereocenters. The lowest BCUT2D eigenvalue weighted by Gasteiger charge is -2.24. The number of anilines is 1. The molecule has 0 spiro atoms. The number of rotatable bonds is 5. The van der Waals surface area contributed by atoms with E-state index in [1.54, 1.807) is 25.6 Å². The molecular weight excluding hydrogens is 422 g/mol. The lowest BCUT2D eigenvalue weighted by Crippen LogP contribution is -2.23. The Labute approximate surface area is 190 Å². The van der Waals surface area contributed by atoms with Crippen molar-refractivity contribution >= 4 is 16.7 Å². The van der Waals surface area contributed by atoms with Gasteiger partial charge in [0.05, 0.1) is 7.11 Å². The van der Waals surface area contributed by atoms with Crippen molar-refractivity contribution in [2.24, 2.45) is 0 Å². The summed E-state index contributed by atoms with van der Waals surface area (Å²) in [5, 5.41) is 4.33. The molecule has 1 saturated carbocycles. The van der Waals surface area contributed by atoms with Gasteiger partial charge in [-0.2, -0.15) is 0 Å². The molecule has 0 amide bonds. The maximum absolute atomic E-state index is 14.6. The van der Waals surface area contributed by atoms with Gasteiger partial charge in [0.15, 0.2) is 5.82 Å². The Morgan fingerprint density at radius 2 is 1.82 bits per heavy atom. The summed E-state index contributed by atoms with van der Waals surface area (Å²) in [7, 11) is 1.56. The van der Waals surface area contributed by atoms with E-state index in [0.29, 0.717) is 34.5 Å². The van der Waals surface area contributed by atoms with Crippen molar-refractivity contribution < 1.29 is 13.5 Å². The third kappa shape index (κ3) is 4.35. The fourth-order valence-electron chi connectivity index (χ4n) is 4.41. The minimum Gasteiger partial charge on any atom is -0.494 e. The Kier molecular flexibility index (Phi) is 5.86. The molecule has 5 nitrogen and oxygen atoms in total. The molecule has 1 fully saturated rings. The third-order valence-corrected chi connectivity index (χ3v) is 6.09. The first kappa shape index (κ1) is 21.2. The highest BCUT2D eigenvalue weighted by Crippen LogP contribution is 2.37. The van der Waals surface area contributed by atoms with Crippen LogP contribution < -0.4 is 10.1 Å². The highest BCUT2D eigenvalue weighted by Gasteiger charge is 2.20. The van der Waals surface area contributed by atoms with Crippen LogP contribution in [0.25, 0.3) is 33.4 Å². The molecule has 2 aromatic carbocycles. The van der Waals surface area contributed by atoms with E-state index in [1.807, 2.05) is 18.2 Å². The van der Waals surface area contributed by atoms with Crippen LogP contribution in [0.15, 0.2) is 54.9 Å². The summed E-state index contributed by atoms with van der Waals surface area (Å²) in [6.07, 6.45) is 9.15. The maximum atomic E-state index is 14.6. The highest BCUT2D eigenvalue weighted by molar-refractivity contribution is 5.98. The normalized spacial score (nSPS) is 14.4. The minimum atomic E-state index is -0.633. The van der Waals surface area contributed by atoms with Crippen LogP contribution in [-0.4, -0.2) is 28.1 Å². The number of nitrogens with zero attached hydrogens (tertiary/aromatic N) is 3. The lowest BCUT2D eigenvalue weighted by atomic mass is 9.95. The predicted octanol–water partition coefficient (Wildman–Crippen LogP) is 6.39. The fourth-order valence-corrected chi connectivity index (χ4v) is 4.41. The molecule has 1 aliphatic carbocycles. The smallest absolute Gasteiger partial charge is 0.163 e. The van der Waals surface area contributed by atoms with E-state index < -0.39 is 11.6 Å². The number of ether oxygens (including phenoxy) is 1. The SMILES string of the molecule is COc1cc(-c2ccc(F)cc2F)cc2c(NC3CCCCC3)nc(-c3cccnc3)nc12. The molecular formula is C26H24F2N4O. The van der Waals surface area contributed by atoms with Gasteiger partial charge in [-0.25, -0.2) is 18.7 Å². The fraction of sp³-hybridized carbons (Fsp3) is 0.269. The Balaban J connectivity index is 1.71. The number of fused-ring (bicyclic) bond motifs is 1. The zero-order valence-electron chi connectivity index (χ0n) is 18.3. The number of nitrogens with one attached hydrogen (secondary N) is 1. The van der Waals surface area contributed by atoms with Crippen LogP contribution in [0.1, 0.15) is 32.1 Å². The van der Waals surface area contributed by atoms with E-state index in [2.05, 4.69) is 10.3 Å². The zero-order valence-corrected chi connectivity index (χ0v) is 18.3. The molecule has 7 heteroatoms. The molecule has 0 radical (unpaired) electrons. The van der Waals surface area contributed by atoms with Gasteiger partial charge in [0, 0.05) is 41.0 Å². The molecule has 4 aromatic rings. The van der Waals surface area contributed by atoms with Crippen LogP contribution in [-0.2, 0) is 0 Å². The van der Waals surface area contributed by atoms with Crippen LogP contribution in [0, 0.1) is 11.6 Å². The van der Waals surface area contributed by atoms with Crippen LogP contribution in [0.2, 0.25) is 0 Å².